The molecule has 3 rings (SSSR count). The lowest BCUT2D eigenvalue weighted by Crippen LogP contribution is -2.43. The fourth-order valence-corrected chi connectivity index (χ4v) is 3.50. The minimum absolute atomic E-state index is 0.157. The molecule has 0 aliphatic rings. The first-order chi connectivity index (χ1) is 13.5. The molecule has 2 aromatic carbocycles. The Hall–Kier alpha value is -3.08. The van der Waals surface area contributed by atoms with E-state index in [1.54, 1.807) is 0 Å². The Morgan fingerprint density at radius 2 is 1.89 bits per heavy atom. The van der Waals surface area contributed by atoms with Gasteiger partial charge in [-0.25, -0.2) is 4.79 Å². The Kier molecular flexibility index (Phi) is 6.14. The fraction of sp³-hybridized carbons (Fsp3) is 0.304. The van der Waals surface area contributed by atoms with Gasteiger partial charge < -0.3 is 15.0 Å². The Labute approximate surface area is 165 Å². The summed E-state index contributed by atoms with van der Waals surface area (Å²) < 4.78 is 4.91. The maximum Gasteiger partial charge on any atom is 0.328 e. The third-order valence-corrected chi connectivity index (χ3v) is 5.04. The van der Waals surface area contributed by atoms with Crippen LogP contribution in [0.3, 0.4) is 0 Å². The van der Waals surface area contributed by atoms with Crippen molar-refractivity contribution in [2.24, 2.45) is 0 Å². The van der Waals surface area contributed by atoms with Crippen LogP contribution in [-0.4, -0.2) is 30.0 Å². The Balaban J connectivity index is 1.66. The molecule has 3 aromatic rings. The summed E-state index contributed by atoms with van der Waals surface area (Å²) in [6, 6.07) is 13.4. The number of carbonyl (C=O) groups excluding carboxylic acids is 2. The van der Waals surface area contributed by atoms with Gasteiger partial charge in [0.05, 0.1) is 7.11 Å². The standard InChI is InChI=1S/C23H26N2O3/c1-15-8-9-17(16(2)12-15)10-11-22(26)25-21(23(27)28-3)13-18-14-24-20-7-5-4-6-19(18)20/h4-9,12,14,21,24H,10-11,13H2,1-3H3,(H,25,26). The highest BCUT2D eigenvalue weighted by Crippen LogP contribution is 2.19. The van der Waals surface area contributed by atoms with Gasteiger partial charge in [0.1, 0.15) is 6.04 Å². The van der Waals surface area contributed by atoms with Crippen molar-refractivity contribution < 1.29 is 14.3 Å². The molecule has 1 unspecified atom stereocenters. The van der Waals surface area contributed by atoms with E-state index in [2.05, 4.69) is 42.3 Å². The van der Waals surface area contributed by atoms with E-state index in [1.807, 2.05) is 30.5 Å². The largest absolute Gasteiger partial charge is 0.467 e. The fourth-order valence-electron chi connectivity index (χ4n) is 3.50. The molecule has 1 aromatic heterocycles. The molecular formula is C23H26N2O3. The molecular weight excluding hydrogens is 352 g/mol. The number of aromatic nitrogens is 1. The van der Waals surface area contributed by atoms with E-state index in [0.717, 1.165) is 22.0 Å². The van der Waals surface area contributed by atoms with Gasteiger partial charge in [0.25, 0.3) is 0 Å². The van der Waals surface area contributed by atoms with Gasteiger partial charge in [0, 0.05) is 29.9 Å². The number of para-hydroxylation sites is 1. The number of nitrogens with one attached hydrogen (secondary N) is 2. The molecule has 0 saturated carbocycles. The number of ether oxygens (including phenoxy) is 1. The van der Waals surface area contributed by atoms with Gasteiger partial charge in [-0.2, -0.15) is 0 Å². The van der Waals surface area contributed by atoms with Crippen LogP contribution in [0.15, 0.2) is 48.7 Å². The number of methoxy groups -OCH3 is 1. The highest BCUT2D eigenvalue weighted by Gasteiger charge is 2.23. The molecule has 5 heteroatoms. The van der Waals surface area contributed by atoms with Gasteiger partial charge in [-0.1, -0.05) is 42.0 Å². The Morgan fingerprint density at radius 1 is 1.11 bits per heavy atom. The van der Waals surface area contributed by atoms with Crippen molar-refractivity contribution in [2.75, 3.05) is 7.11 Å². The minimum atomic E-state index is -0.712. The van der Waals surface area contributed by atoms with Gasteiger partial charge in [-0.3, -0.25) is 4.79 Å². The average molecular weight is 378 g/mol. The van der Waals surface area contributed by atoms with Crippen LogP contribution in [-0.2, 0) is 27.2 Å². The van der Waals surface area contributed by atoms with Crippen molar-refractivity contribution in [2.45, 2.75) is 39.2 Å². The maximum absolute atomic E-state index is 12.5. The molecule has 0 fully saturated rings. The molecule has 2 N–H and O–H groups in total. The van der Waals surface area contributed by atoms with Crippen LogP contribution in [0.2, 0.25) is 0 Å². The molecule has 0 bridgehead atoms. The maximum atomic E-state index is 12.5. The predicted octanol–water partition coefficient (Wildman–Crippen LogP) is 3.62. The van der Waals surface area contributed by atoms with E-state index in [0.29, 0.717) is 19.3 Å². The first kappa shape index (κ1) is 19.7. The van der Waals surface area contributed by atoms with Crippen molar-refractivity contribution in [1.29, 1.82) is 0 Å². The number of aromatic amines is 1. The number of esters is 1. The molecule has 1 heterocycles. The lowest BCUT2D eigenvalue weighted by atomic mass is 10.0. The number of rotatable bonds is 7. The van der Waals surface area contributed by atoms with Crippen molar-refractivity contribution in [3.05, 3.63) is 70.9 Å². The number of hydrogen-bond acceptors (Lipinski definition) is 3. The highest BCUT2D eigenvalue weighted by molar-refractivity contribution is 5.87. The number of aryl methyl sites for hydroxylation is 3. The Morgan fingerprint density at radius 3 is 2.64 bits per heavy atom. The lowest BCUT2D eigenvalue weighted by Gasteiger charge is -2.16. The number of carbonyl (C=O) groups is 2. The molecule has 0 aliphatic heterocycles. The van der Waals surface area contributed by atoms with E-state index in [9.17, 15) is 9.59 Å². The molecule has 0 spiro atoms. The number of H-pyrrole nitrogens is 1. The van der Waals surface area contributed by atoms with E-state index in [-0.39, 0.29) is 5.91 Å². The topological polar surface area (TPSA) is 71.2 Å². The summed E-state index contributed by atoms with van der Waals surface area (Å²) in [5.41, 5.74) is 5.50. The quantitative estimate of drug-likeness (QED) is 0.617. The first-order valence-corrected chi connectivity index (χ1v) is 9.46. The zero-order chi connectivity index (χ0) is 20.1. The highest BCUT2D eigenvalue weighted by atomic mass is 16.5. The molecule has 28 heavy (non-hydrogen) atoms. The van der Waals surface area contributed by atoms with Crippen LogP contribution >= 0.6 is 0 Å². The molecule has 1 atom stereocenters. The van der Waals surface area contributed by atoms with Gasteiger partial charge >= 0.3 is 5.97 Å². The SMILES string of the molecule is COC(=O)C(Cc1c[nH]c2ccccc12)NC(=O)CCc1ccc(C)cc1C. The van der Waals surface area contributed by atoms with Crippen molar-refractivity contribution in [3.8, 4) is 0 Å². The van der Waals surface area contributed by atoms with Crippen LogP contribution in [0.1, 0.15) is 28.7 Å². The molecule has 0 radical (unpaired) electrons. The second kappa shape index (κ2) is 8.74. The van der Waals surface area contributed by atoms with Crippen molar-refractivity contribution in [3.63, 3.8) is 0 Å². The van der Waals surface area contributed by atoms with E-state index < -0.39 is 12.0 Å². The van der Waals surface area contributed by atoms with Crippen LogP contribution in [0, 0.1) is 13.8 Å². The summed E-state index contributed by atoms with van der Waals surface area (Å²) in [4.78, 5) is 27.9. The van der Waals surface area contributed by atoms with Crippen LogP contribution in [0.5, 0.6) is 0 Å². The zero-order valence-electron chi connectivity index (χ0n) is 16.5. The number of amides is 1. The average Bonchev–Trinajstić information content (AvgIpc) is 3.09. The van der Waals surface area contributed by atoms with Crippen LogP contribution in [0.4, 0.5) is 0 Å². The molecule has 0 aliphatic carbocycles. The minimum Gasteiger partial charge on any atom is -0.467 e. The number of fused-ring (bicyclic) bond motifs is 1. The first-order valence-electron chi connectivity index (χ1n) is 9.46. The van der Waals surface area contributed by atoms with Crippen molar-refractivity contribution in [1.82, 2.24) is 10.3 Å². The second-order valence-corrected chi connectivity index (χ2v) is 7.14. The smallest absolute Gasteiger partial charge is 0.328 e. The second-order valence-electron chi connectivity index (χ2n) is 7.14. The molecule has 1 amide bonds. The summed E-state index contributed by atoms with van der Waals surface area (Å²) in [5, 5.41) is 3.89. The van der Waals surface area contributed by atoms with E-state index in [4.69, 9.17) is 4.74 Å². The third kappa shape index (κ3) is 4.60. The van der Waals surface area contributed by atoms with Crippen molar-refractivity contribution >= 4 is 22.8 Å². The normalized spacial score (nSPS) is 12.0. The zero-order valence-corrected chi connectivity index (χ0v) is 16.5. The molecule has 5 nitrogen and oxygen atoms in total. The van der Waals surface area contributed by atoms with Gasteiger partial charge in [0.15, 0.2) is 0 Å². The lowest BCUT2D eigenvalue weighted by molar-refractivity contribution is -0.145. The van der Waals surface area contributed by atoms with Gasteiger partial charge in [0.2, 0.25) is 5.91 Å². The van der Waals surface area contributed by atoms with Gasteiger partial charge in [-0.15, -0.1) is 0 Å². The third-order valence-electron chi connectivity index (χ3n) is 5.04. The van der Waals surface area contributed by atoms with Crippen LogP contribution in [0.25, 0.3) is 10.9 Å². The summed E-state index contributed by atoms with van der Waals surface area (Å²) in [6.45, 7) is 4.10. The summed E-state index contributed by atoms with van der Waals surface area (Å²) in [5.74, 6) is -0.597. The Bertz CT molecular complexity index is 990. The summed E-state index contributed by atoms with van der Waals surface area (Å²) in [7, 11) is 1.34. The number of hydrogen-bond donors (Lipinski definition) is 2. The monoisotopic (exact) mass is 378 g/mol. The van der Waals surface area contributed by atoms with Crippen LogP contribution < -0.4 is 5.32 Å². The molecule has 0 saturated heterocycles. The van der Waals surface area contributed by atoms with E-state index >= 15 is 0 Å². The number of benzene rings is 2. The van der Waals surface area contributed by atoms with Gasteiger partial charge in [-0.05, 0) is 43.0 Å². The summed E-state index contributed by atoms with van der Waals surface area (Å²) in [6.07, 6.45) is 3.22. The summed E-state index contributed by atoms with van der Waals surface area (Å²) >= 11 is 0. The molecule has 146 valence electrons. The predicted molar refractivity (Wildman–Crippen MR) is 110 cm³/mol. The van der Waals surface area contributed by atoms with E-state index in [1.165, 1.54) is 18.2 Å².